The minimum absolute atomic E-state index is 0.00582. The summed E-state index contributed by atoms with van der Waals surface area (Å²) in [5.41, 5.74) is 2.76. The van der Waals surface area contributed by atoms with Crippen LogP contribution in [0.3, 0.4) is 0 Å². The van der Waals surface area contributed by atoms with Gasteiger partial charge in [-0.1, -0.05) is 13.8 Å². The molecule has 1 aromatic carbocycles. The molecule has 0 bridgehead atoms. The zero-order valence-electron chi connectivity index (χ0n) is 16.6. The van der Waals surface area contributed by atoms with Crippen LogP contribution in [-0.4, -0.2) is 45.6 Å². The summed E-state index contributed by atoms with van der Waals surface area (Å²) in [5.74, 6) is 0.435. The Kier molecular flexibility index (Phi) is 5.96. The quantitative estimate of drug-likeness (QED) is 0.661. The molecule has 0 fully saturated rings. The molecule has 3 rings (SSSR count). The van der Waals surface area contributed by atoms with Gasteiger partial charge in [-0.25, -0.2) is 4.98 Å². The Balaban J connectivity index is 1.76. The predicted octanol–water partition coefficient (Wildman–Crippen LogP) is 3.63. The third-order valence-electron chi connectivity index (χ3n) is 4.66. The van der Waals surface area contributed by atoms with Gasteiger partial charge in [0, 0.05) is 31.2 Å². The second-order valence-corrected chi connectivity index (χ2v) is 7.71. The average molecular weight is 367 g/mol. The number of anilines is 1. The molecule has 0 aliphatic rings. The van der Waals surface area contributed by atoms with E-state index in [0.29, 0.717) is 5.92 Å². The average Bonchev–Trinajstić information content (AvgIpc) is 3.27. The summed E-state index contributed by atoms with van der Waals surface area (Å²) in [7, 11) is 4.12. The van der Waals surface area contributed by atoms with Gasteiger partial charge in [0.2, 0.25) is 5.91 Å². The van der Waals surface area contributed by atoms with E-state index < -0.39 is 0 Å². The molecular formula is C21H29N5O. The Labute approximate surface area is 160 Å². The third-order valence-corrected chi connectivity index (χ3v) is 4.66. The van der Waals surface area contributed by atoms with Crippen molar-refractivity contribution in [1.29, 1.82) is 0 Å². The minimum atomic E-state index is -0.214. The van der Waals surface area contributed by atoms with Crippen molar-refractivity contribution < 1.29 is 4.79 Å². The van der Waals surface area contributed by atoms with E-state index in [1.165, 1.54) is 0 Å². The van der Waals surface area contributed by atoms with Gasteiger partial charge in [-0.15, -0.1) is 0 Å². The number of carbonyl (C=O) groups excluding carboxylic acids is 1. The maximum Gasteiger partial charge on any atom is 0.247 e. The van der Waals surface area contributed by atoms with Crippen molar-refractivity contribution in [3.05, 3.63) is 49.1 Å². The van der Waals surface area contributed by atoms with Crippen LogP contribution in [0.2, 0.25) is 0 Å². The summed E-state index contributed by atoms with van der Waals surface area (Å²) < 4.78 is 4.12. The fourth-order valence-corrected chi connectivity index (χ4v) is 3.22. The third kappa shape index (κ3) is 4.77. The fourth-order valence-electron chi connectivity index (χ4n) is 3.22. The van der Waals surface area contributed by atoms with E-state index in [2.05, 4.69) is 47.7 Å². The van der Waals surface area contributed by atoms with Gasteiger partial charge in [0.15, 0.2) is 0 Å². The Morgan fingerprint density at radius 2 is 1.96 bits per heavy atom. The highest BCUT2D eigenvalue weighted by atomic mass is 16.2. The van der Waals surface area contributed by atoms with Crippen molar-refractivity contribution in [2.24, 2.45) is 5.92 Å². The number of imidazole rings is 1. The second kappa shape index (κ2) is 8.39. The summed E-state index contributed by atoms with van der Waals surface area (Å²) >= 11 is 0. The molecule has 0 saturated carbocycles. The van der Waals surface area contributed by atoms with Crippen LogP contribution in [0.15, 0.2) is 49.1 Å². The molecule has 1 N–H and O–H groups in total. The monoisotopic (exact) mass is 367 g/mol. The number of nitrogens with one attached hydrogen (secondary N) is 1. The number of fused-ring (bicyclic) bond motifs is 1. The second-order valence-electron chi connectivity index (χ2n) is 7.71. The highest BCUT2D eigenvalue weighted by molar-refractivity contribution is 5.95. The molecule has 2 aromatic heterocycles. The lowest BCUT2D eigenvalue weighted by Crippen LogP contribution is -2.26. The van der Waals surface area contributed by atoms with Crippen LogP contribution in [0, 0.1) is 5.92 Å². The first-order chi connectivity index (χ1) is 12.9. The molecule has 144 valence electrons. The van der Waals surface area contributed by atoms with Crippen LogP contribution in [0.1, 0.15) is 26.3 Å². The van der Waals surface area contributed by atoms with Gasteiger partial charge in [0.1, 0.15) is 6.04 Å². The lowest BCUT2D eigenvalue weighted by molar-refractivity contribution is -0.119. The van der Waals surface area contributed by atoms with E-state index in [1.807, 2.05) is 53.6 Å². The van der Waals surface area contributed by atoms with Crippen LogP contribution >= 0.6 is 0 Å². The van der Waals surface area contributed by atoms with Crippen molar-refractivity contribution in [3.8, 4) is 0 Å². The van der Waals surface area contributed by atoms with Gasteiger partial charge < -0.3 is 19.4 Å². The van der Waals surface area contributed by atoms with Crippen LogP contribution in [0.25, 0.3) is 11.0 Å². The van der Waals surface area contributed by atoms with Crippen LogP contribution in [0.5, 0.6) is 0 Å². The van der Waals surface area contributed by atoms with Gasteiger partial charge in [-0.2, -0.15) is 0 Å². The number of hydrogen-bond donors (Lipinski definition) is 1. The first-order valence-corrected chi connectivity index (χ1v) is 9.47. The largest absolute Gasteiger partial charge is 0.342 e. The molecule has 27 heavy (non-hydrogen) atoms. The molecule has 0 aliphatic carbocycles. The molecular weight excluding hydrogens is 338 g/mol. The summed E-state index contributed by atoms with van der Waals surface area (Å²) in [6.45, 7) is 6.11. The number of amides is 1. The van der Waals surface area contributed by atoms with E-state index in [-0.39, 0.29) is 11.9 Å². The Bertz CT molecular complexity index is 879. The van der Waals surface area contributed by atoms with Crippen LogP contribution in [0.4, 0.5) is 5.69 Å². The van der Waals surface area contributed by atoms with E-state index in [1.54, 1.807) is 0 Å². The highest BCUT2D eigenvalue weighted by Gasteiger charge is 2.21. The van der Waals surface area contributed by atoms with Crippen LogP contribution in [-0.2, 0) is 11.3 Å². The van der Waals surface area contributed by atoms with E-state index >= 15 is 0 Å². The number of hydrogen-bond acceptors (Lipinski definition) is 3. The molecule has 1 atom stereocenters. The SMILES string of the molecule is CC(C)C[C@@H](C(=O)Nc1ccc2c(c1)ncn2CCN(C)C)n1cccc1. The maximum atomic E-state index is 12.9. The molecule has 0 aliphatic heterocycles. The molecule has 6 heteroatoms. The number of rotatable bonds is 8. The number of aromatic nitrogens is 3. The molecule has 0 radical (unpaired) electrons. The van der Waals surface area contributed by atoms with Crippen molar-refractivity contribution in [2.75, 3.05) is 26.0 Å². The molecule has 0 unspecified atom stereocenters. The van der Waals surface area contributed by atoms with Crippen molar-refractivity contribution in [1.82, 2.24) is 19.0 Å². The van der Waals surface area contributed by atoms with Crippen molar-refractivity contribution >= 4 is 22.6 Å². The molecule has 3 aromatic rings. The van der Waals surface area contributed by atoms with Crippen LogP contribution < -0.4 is 5.32 Å². The Morgan fingerprint density at radius 3 is 2.63 bits per heavy atom. The van der Waals surface area contributed by atoms with Gasteiger partial charge in [0.25, 0.3) is 0 Å². The lowest BCUT2D eigenvalue weighted by atomic mass is 10.0. The zero-order chi connectivity index (χ0) is 19.4. The Hall–Kier alpha value is -2.60. The number of carbonyl (C=O) groups is 1. The zero-order valence-corrected chi connectivity index (χ0v) is 16.6. The summed E-state index contributed by atoms with van der Waals surface area (Å²) in [4.78, 5) is 19.5. The summed E-state index contributed by atoms with van der Waals surface area (Å²) in [5, 5.41) is 3.07. The lowest BCUT2D eigenvalue weighted by Gasteiger charge is -2.20. The predicted molar refractivity (Wildman–Crippen MR) is 110 cm³/mol. The van der Waals surface area contributed by atoms with Crippen molar-refractivity contribution in [2.45, 2.75) is 32.9 Å². The van der Waals surface area contributed by atoms with Gasteiger partial charge in [-0.3, -0.25) is 4.79 Å². The van der Waals surface area contributed by atoms with Gasteiger partial charge >= 0.3 is 0 Å². The molecule has 6 nitrogen and oxygen atoms in total. The maximum absolute atomic E-state index is 12.9. The normalized spacial score (nSPS) is 12.8. The highest BCUT2D eigenvalue weighted by Crippen LogP contribution is 2.22. The number of likely N-dealkylation sites (N-methyl/N-ethyl adjacent to an activating group) is 1. The smallest absolute Gasteiger partial charge is 0.247 e. The standard InChI is InChI=1S/C21H29N5O/c1-16(2)13-20(25-9-5-6-10-25)21(27)23-17-7-8-19-18(14-17)22-15-26(19)12-11-24(3)4/h5-10,14-16,20H,11-13H2,1-4H3,(H,23,27)/t20-/m0/s1. The van der Waals surface area contributed by atoms with Gasteiger partial charge in [-0.05, 0) is 56.8 Å². The fraction of sp³-hybridized carbons (Fsp3) is 0.429. The first kappa shape index (κ1) is 19.2. The topological polar surface area (TPSA) is 55.1 Å². The van der Waals surface area contributed by atoms with E-state index in [0.717, 1.165) is 36.2 Å². The summed E-state index contributed by atoms with van der Waals surface area (Å²) in [6, 6.07) is 9.62. The van der Waals surface area contributed by atoms with Crippen molar-refractivity contribution in [3.63, 3.8) is 0 Å². The molecule has 0 saturated heterocycles. The van der Waals surface area contributed by atoms with E-state index in [9.17, 15) is 4.79 Å². The van der Waals surface area contributed by atoms with Gasteiger partial charge in [0.05, 0.1) is 17.4 Å². The molecule has 0 spiro atoms. The Morgan fingerprint density at radius 1 is 1.22 bits per heavy atom. The first-order valence-electron chi connectivity index (χ1n) is 9.47. The summed E-state index contributed by atoms with van der Waals surface area (Å²) in [6.07, 6.45) is 6.55. The number of nitrogens with zero attached hydrogens (tertiary/aromatic N) is 4. The molecule has 2 heterocycles. The minimum Gasteiger partial charge on any atom is -0.342 e. The number of benzene rings is 1. The van der Waals surface area contributed by atoms with E-state index in [4.69, 9.17) is 0 Å². The molecule has 1 amide bonds.